The molecule has 1 amide bonds. The summed E-state index contributed by atoms with van der Waals surface area (Å²) in [5.41, 5.74) is 5.66. The molecule has 1 aliphatic rings. The molecular formula is C12H15N3O4. The van der Waals surface area contributed by atoms with Gasteiger partial charge in [-0.1, -0.05) is 0 Å². The third kappa shape index (κ3) is 2.82. The van der Waals surface area contributed by atoms with Crippen LogP contribution in [0.4, 0.5) is 11.4 Å². The number of aliphatic hydroxyl groups excluding tert-OH is 1. The number of nitrogens with two attached hydrogens (primary N) is 1. The van der Waals surface area contributed by atoms with Crippen molar-refractivity contribution in [1.29, 1.82) is 0 Å². The van der Waals surface area contributed by atoms with E-state index in [1.165, 1.54) is 18.2 Å². The van der Waals surface area contributed by atoms with Crippen LogP contribution in [0.25, 0.3) is 0 Å². The molecule has 1 aliphatic heterocycles. The summed E-state index contributed by atoms with van der Waals surface area (Å²) in [6.45, 7) is 0.934. The van der Waals surface area contributed by atoms with Gasteiger partial charge in [-0.3, -0.25) is 14.9 Å². The smallest absolute Gasteiger partial charge is 0.292 e. The number of anilines is 1. The fourth-order valence-corrected chi connectivity index (χ4v) is 2.26. The normalized spacial score (nSPS) is 19.2. The fraction of sp³-hybridized carbons (Fsp3) is 0.417. The number of primary amides is 1. The van der Waals surface area contributed by atoms with Crippen molar-refractivity contribution < 1.29 is 14.8 Å². The maximum Gasteiger partial charge on any atom is 0.292 e. The molecule has 0 bridgehead atoms. The number of piperidine rings is 1. The van der Waals surface area contributed by atoms with Gasteiger partial charge >= 0.3 is 0 Å². The van der Waals surface area contributed by atoms with E-state index in [9.17, 15) is 20.0 Å². The minimum atomic E-state index is -0.631. The van der Waals surface area contributed by atoms with Crippen molar-refractivity contribution >= 4 is 17.3 Å². The Hall–Kier alpha value is -2.15. The monoisotopic (exact) mass is 265 g/mol. The van der Waals surface area contributed by atoms with Gasteiger partial charge in [0.1, 0.15) is 5.69 Å². The van der Waals surface area contributed by atoms with Gasteiger partial charge in [0.2, 0.25) is 5.91 Å². The first-order valence-corrected chi connectivity index (χ1v) is 6.00. The van der Waals surface area contributed by atoms with Gasteiger partial charge in [-0.2, -0.15) is 0 Å². The van der Waals surface area contributed by atoms with Crippen molar-refractivity contribution in [2.75, 3.05) is 18.0 Å². The molecule has 0 aliphatic carbocycles. The molecule has 1 atom stereocenters. The molecule has 0 saturated carbocycles. The van der Waals surface area contributed by atoms with E-state index in [0.29, 0.717) is 25.2 Å². The van der Waals surface area contributed by atoms with Crippen molar-refractivity contribution in [1.82, 2.24) is 0 Å². The molecule has 1 saturated heterocycles. The van der Waals surface area contributed by atoms with E-state index in [1.54, 1.807) is 4.90 Å². The first kappa shape index (κ1) is 13.3. The number of carbonyl (C=O) groups is 1. The Kier molecular flexibility index (Phi) is 3.66. The van der Waals surface area contributed by atoms with Gasteiger partial charge in [-0.05, 0) is 25.0 Å². The Bertz CT molecular complexity index is 518. The quantitative estimate of drug-likeness (QED) is 0.616. The number of rotatable bonds is 3. The molecule has 0 spiro atoms. The van der Waals surface area contributed by atoms with E-state index in [4.69, 9.17) is 5.73 Å². The van der Waals surface area contributed by atoms with Gasteiger partial charge in [-0.15, -0.1) is 0 Å². The Labute approximate surface area is 109 Å². The summed E-state index contributed by atoms with van der Waals surface area (Å²) in [4.78, 5) is 23.4. The van der Waals surface area contributed by atoms with Crippen LogP contribution >= 0.6 is 0 Å². The van der Waals surface area contributed by atoms with Gasteiger partial charge in [0.15, 0.2) is 0 Å². The number of benzene rings is 1. The number of nitrogens with zero attached hydrogens (tertiary/aromatic N) is 2. The van der Waals surface area contributed by atoms with Crippen molar-refractivity contribution in [2.24, 2.45) is 5.73 Å². The minimum Gasteiger partial charge on any atom is -0.391 e. The summed E-state index contributed by atoms with van der Waals surface area (Å²) >= 11 is 0. The maximum atomic E-state index is 11.2. The summed E-state index contributed by atoms with van der Waals surface area (Å²) in [5, 5.41) is 20.7. The van der Waals surface area contributed by atoms with E-state index >= 15 is 0 Å². The number of hydrogen-bond donors (Lipinski definition) is 2. The average Bonchev–Trinajstić information content (AvgIpc) is 2.37. The van der Waals surface area contributed by atoms with E-state index in [-0.39, 0.29) is 11.3 Å². The predicted octanol–water partition coefficient (Wildman–Crippen LogP) is 0.655. The number of aliphatic hydroxyl groups is 1. The molecule has 0 unspecified atom stereocenters. The molecule has 1 aromatic rings. The number of carbonyl (C=O) groups excluding carboxylic acids is 1. The average molecular weight is 265 g/mol. The lowest BCUT2D eigenvalue weighted by Crippen LogP contribution is -2.38. The second-order valence-electron chi connectivity index (χ2n) is 4.57. The van der Waals surface area contributed by atoms with Gasteiger partial charge in [-0.25, -0.2) is 0 Å². The number of nitro benzene ring substituents is 1. The summed E-state index contributed by atoms with van der Waals surface area (Å²) in [6, 6.07) is 4.03. The van der Waals surface area contributed by atoms with Gasteiger partial charge in [0.25, 0.3) is 5.69 Å². The van der Waals surface area contributed by atoms with E-state index in [2.05, 4.69) is 0 Å². The largest absolute Gasteiger partial charge is 0.391 e. The minimum absolute atomic E-state index is 0.0842. The molecule has 102 valence electrons. The third-order valence-corrected chi connectivity index (χ3v) is 3.19. The highest BCUT2D eigenvalue weighted by Crippen LogP contribution is 2.31. The Morgan fingerprint density at radius 1 is 1.53 bits per heavy atom. The molecule has 7 nitrogen and oxygen atoms in total. The predicted molar refractivity (Wildman–Crippen MR) is 69.1 cm³/mol. The standard InChI is InChI=1S/C12H15N3O4/c13-12(17)8-3-4-10(15(18)19)11(6-8)14-5-1-2-9(16)7-14/h3-4,6,9,16H,1-2,5,7H2,(H2,13,17)/t9-/m0/s1. The Morgan fingerprint density at radius 2 is 2.26 bits per heavy atom. The van der Waals surface area contributed by atoms with Crippen molar-refractivity contribution in [3.8, 4) is 0 Å². The molecule has 1 fully saturated rings. The summed E-state index contributed by atoms with van der Waals surface area (Å²) < 4.78 is 0. The highest BCUT2D eigenvalue weighted by Gasteiger charge is 2.25. The number of nitro groups is 1. The van der Waals surface area contributed by atoms with Crippen LogP contribution < -0.4 is 10.6 Å². The summed E-state index contributed by atoms with van der Waals surface area (Å²) in [7, 11) is 0. The number of β-amino-alcohol motifs (C(OH)–C–C–N with tert-alkyl or cyclic N) is 1. The maximum absolute atomic E-state index is 11.2. The molecule has 7 heteroatoms. The SMILES string of the molecule is NC(=O)c1ccc([N+](=O)[O-])c(N2CCC[C@H](O)C2)c1. The van der Waals surface area contributed by atoms with Crippen LogP contribution in [0, 0.1) is 10.1 Å². The van der Waals surface area contributed by atoms with Crippen molar-refractivity contribution in [2.45, 2.75) is 18.9 Å². The number of amides is 1. The zero-order valence-electron chi connectivity index (χ0n) is 10.3. The lowest BCUT2D eigenvalue weighted by molar-refractivity contribution is -0.384. The van der Waals surface area contributed by atoms with Crippen LogP contribution in [0.1, 0.15) is 23.2 Å². The lowest BCUT2D eigenvalue weighted by Gasteiger charge is -2.31. The van der Waals surface area contributed by atoms with Crippen LogP contribution in [0.5, 0.6) is 0 Å². The molecule has 1 heterocycles. The van der Waals surface area contributed by atoms with E-state index in [1.807, 2.05) is 0 Å². The molecule has 1 aromatic carbocycles. The first-order chi connectivity index (χ1) is 8.99. The van der Waals surface area contributed by atoms with Crippen LogP contribution in [-0.2, 0) is 0 Å². The molecule has 0 radical (unpaired) electrons. The Balaban J connectivity index is 2.42. The van der Waals surface area contributed by atoms with E-state index in [0.717, 1.165) is 6.42 Å². The second-order valence-corrected chi connectivity index (χ2v) is 4.57. The lowest BCUT2D eigenvalue weighted by atomic mass is 10.1. The molecule has 0 aromatic heterocycles. The molecule has 3 N–H and O–H groups in total. The topological polar surface area (TPSA) is 110 Å². The fourth-order valence-electron chi connectivity index (χ4n) is 2.26. The molecule has 2 rings (SSSR count). The zero-order valence-corrected chi connectivity index (χ0v) is 10.3. The highest BCUT2D eigenvalue weighted by atomic mass is 16.6. The van der Waals surface area contributed by atoms with Gasteiger partial charge in [0, 0.05) is 24.7 Å². The van der Waals surface area contributed by atoms with Crippen LogP contribution in [0.2, 0.25) is 0 Å². The molecular weight excluding hydrogens is 250 g/mol. The van der Waals surface area contributed by atoms with Crippen molar-refractivity contribution in [3.05, 3.63) is 33.9 Å². The van der Waals surface area contributed by atoms with Crippen LogP contribution in [0.15, 0.2) is 18.2 Å². The second kappa shape index (κ2) is 5.23. The Morgan fingerprint density at radius 3 is 2.84 bits per heavy atom. The molecule has 19 heavy (non-hydrogen) atoms. The number of hydrogen-bond acceptors (Lipinski definition) is 5. The van der Waals surface area contributed by atoms with Gasteiger partial charge in [0.05, 0.1) is 11.0 Å². The van der Waals surface area contributed by atoms with Crippen molar-refractivity contribution in [3.63, 3.8) is 0 Å². The first-order valence-electron chi connectivity index (χ1n) is 6.00. The highest BCUT2D eigenvalue weighted by molar-refractivity contribution is 5.94. The summed E-state index contributed by atoms with van der Waals surface area (Å²) in [6.07, 6.45) is 0.921. The van der Waals surface area contributed by atoms with Gasteiger partial charge < -0.3 is 15.7 Å². The summed E-state index contributed by atoms with van der Waals surface area (Å²) in [5.74, 6) is -0.631. The zero-order chi connectivity index (χ0) is 14.0. The van der Waals surface area contributed by atoms with E-state index < -0.39 is 16.9 Å². The van der Waals surface area contributed by atoms with Crippen LogP contribution in [0.3, 0.4) is 0 Å². The van der Waals surface area contributed by atoms with Crippen LogP contribution in [-0.4, -0.2) is 35.1 Å². The third-order valence-electron chi connectivity index (χ3n) is 3.19.